The number of rotatable bonds is 3. The van der Waals surface area contributed by atoms with Gasteiger partial charge in [0.05, 0.1) is 12.6 Å². The summed E-state index contributed by atoms with van der Waals surface area (Å²) in [6, 6.07) is 6.26. The van der Waals surface area contributed by atoms with Crippen molar-refractivity contribution in [3.8, 4) is 12.1 Å². The van der Waals surface area contributed by atoms with Gasteiger partial charge in [-0.2, -0.15) is 15.2 Å². The summed E-state index contributed by atoms with van der Waals surface area (Å²) < 4.78 is 24.8. The van der Waals surface area contributed by atoms with Crippen molar-refractivity contribution in [3.05, 3.63) is 17.0 Å². The van der Waals surface area contributed by atoms with Gasteiger partial charge in [0.25, 0.3) is 10.0 Å². The Morgan fingerprint density at radius 1 is 1.43 bits per heavy atom. The SMILES string of the molecule is N#CCNS(=O)(=O)c1ccc(C#N)s1. The molecule has 1 N–H and O–H groups in total. The first-order chi connectivity index (χ1) is 6.60. The quantitative estimate of drug-likeness (QED) is 0.757. The summed E-state index contributed by atoms with van der Waals surface area (Å²) in [4.78, 5) is 0.322. The van der Waals surface area contributed by atoms with E-state index < -0.39 is 10.0 Å². The van der Waals surface area contributed by atoms with Crippen molar-refractivity contribution < 1.29 is 8.42 Å². The van der Waals surface area contributed by atoms with Gasteiger partial charge < -0.3 is 0 Å². The molecule has 0 spiro atoms. The summed E-state index contributed by atoms with van der Waals surface area (Å²) in [5, 5.41) is 16.7. The Kier molecular flexibility index (Phi) is 3.20. The van der Waals surface area contributed by atoms with Gasteiger partial charge in [-0.25, -0.2) is 8.42 Å². The molecule has 14 heavy (non-hydrogen) atoms. The standard InChI is InChI=1S/C7H5N3O2S2/c8-3-4-10-14(11,12)7-2-1-6(5-9)13-7/h1-2,10H,4H2. The van der Waals surface area contributed by atoms with Crippen LogP contribution in [-0.4, -0.2) is 15.0 Å². The Bertz CT molecular complexity index is 504. The van der Waals surface area contributed by atoms with Gasteiger partial charge in [-0.15, -0.1) is 11.3 Å². The van der Waals surface area contributed by atoms with Gasteiger partial charge in [0, 0.05) is 0 Å². The first kappa shape index (κ1) is 10.7. The molecule has 0 saturated carbocycles. The largest absolute Gasteiger partial charge is 0.251 e. The predicted molar refractivity (Wildman–Crippen MR) is 49.8 cm³/mol. The average Bonchev–Trinajstić information content (AvgIpc) is 2.63. The zero-order valence-corrected chi connectivity index (χ0v) is 8.52. The lowest BCUT2D eigenvalue weighted by atomic mass is 10.5. The minimum atomic E-state index is -3.62. The molecular weight excluding hydrogens is 222 g/mol. The van der Waals surface area contributed by atoms with Crippen LogP contribution in [0.5, 0.6) is 0 Å². The van der Waals surface area contributed by atoms with Crippen molar-refractivity contribution in [1.82, 2.24) is 4.72 Å². The van der Waals surface area contributed by atoms with Crippen LogP contribution in [0.25, 0.3) is 0 Å². The van der Waals surface area contributed by atoms with Crippen molar-refractivity contribution in [2.45, 2.75) is 4.21 Å². The molecule has 5 nitrogen and oxygen atoms in total. The zero-order valence-electron chi connectivity index (χ0n) is 6.89. The van der Waals surface area contributed by atoms with Crippen molar-refractivity contribution in [2.75, 3.05) is 6.54 Å². The second-order valence-electron chi connectivity index (χ2n) is 2.21. The highest BCUT2D eigenvalue weighted by Gasteiger charge is 2.15. The second-order valence-corrected chi connectivity index (χ2v) is 5.29. The molecule has 0 unspecified atom stereocenters. The van der Waals surface area contributed by atoms with E-state index in [9.17, 15) is 8.42 Å². The molecule has 0 amide bonds. The third kappa shape index (κ3) is 2.30. The van der Waals surface area contributed by atoms with Crippen LogP contribution in [0.15, 0.2) is 16.3 Å². The number of hydrogen-bond donors (Lipinski definition) is 1. The van der Waals surface area contributed by atoms with Gasteiger partial charge in [-0.3, -0.25) is 0 Å². The fourth-order valence-corrected chi connectivity index (χ4v) is 2.79. The van der Waals surface area contributed by atoms with Gasteiger partial charge in [0.15, 0.2) is 0 Å². The minimum Gasteiger partial charge on any atom is -0.206 e. The van der Waals surface area contributed by atoms with Gasteiger partial charge in [0.1, 0.15) is 15.2 Å². The lowest BCUT2D eigenvalue weighted by Gasteiger charge is -1.97. The molecule has 0 fully saturated rings. The highest BCUT2D eigenvalue weighted by molar-refractivity contribution is 7.91. The molecule has 0 atom stereocenters. The lowest BCUT2D eigenvalue weighted by Crippen LogP contribution is -2.22. The zero-order chi connectivity index (χ0) is 10.6. The van der Waals surface area contributed by atoms with Crippen molar-refractivity contribution in [1.29, 1.82) is 10.5 Å². The van der Waals surface area contributed by atoms with Crippen molar-refractivity contribution >= 4 is 21.4 Å². The molecule has 1 aromatic rings. The number of hydrogen-bond acceptors (Lipinski definition) is 5. The molecule has 0 bridgehead atoms. The third-order valence-corrected chi connectivity index (χ3v) is 4.18. The molecule has 1 aromatic heterocycles. The van der Waals surface area contributed by atoms with Gasteiger partial charge in [0.2, 0.25) is 0 Å². The monoisotopic (exact) mass is 227 g/mol. The van der Waals surface area contributed by atoms with Gasteiger partial charge in [-0.1, -0.05) is 0 Å². The number of nitriles is 2. The van der Waals surface area contributed by atoms with E-state index in [1.165, 1.54) is 12.1 Å². The third-order valence-electron chi connectivity index (χ3n) is 1.30. The first-order valence-corrected chi connectivity index (χ1v) is 5.76. The molecule has 0 aliphatic rings. The molecule has 0 radical (unpaired) electrons. The predicted octanol–water partition coefficient (Wildman–Crippen LogP) is 0.422. The molecule has 1 rings (SSSR count). The highest BCUT2D eigenvalue weighted by atomic mass is 32.2. The Morgan fingerprint density at radius 2 is 2.14 bits per heavy atom. The lowest BCUT2D eigenvalue weighted by molar-refractivity contribution is 0.588. The molecule has 72 valence electrons. The van der Waals surface area contributed by atoms with Crippen molar-refractivity contribution in [3.63, 3.8) is 0 Å². The van der Waals surface area contributed by atoms with Crippen LogP contribution in [0.2, 0.25) is 0 Å². The molecular formula is C7H5N3O2S2. The summed E-state index contributed by atoms with van der Waals surface area (Å²) >= 11 is 0.869. The fraction of sp³-hybridized carbons (Fsp3) is 0.143. The molecule has 7 heteroatoms. The number of nitrogens with zero attached hydrogens (tertiary/aromatic N) is 2. The van der Waals surface area contributed by atoms with E-state index in [2.05, 4.69) is 4.72 Å². The number of thiophene rings is 1. The van der Waals surface area contributed by atoms with Crippen LogP contribution in [0, 0.1) is 22.7 Å². The van der Waals surface area contributed by atoms with Crippen LogP contribution in [0.4, 0.5) is 0 Å². The molecule has 0 aromatic carbocycles. The first-order valence-electron chi connectivity index (χ1n) is 3.46. The van der Waals surface area contributed by atoms with E-state index >= 15 is 0 Å². The smallest absolute Gasteiger partial charge is 0.206 e. The summed E-state index contributed by atoms with van der Waals surface area (Å²) in [6.45, 7) is -0.276. The van der Waals surface area contributed by atoms with Crippen LogP contribution in [0.3, 0.4) is 0 Å². The summed E-state index contributed by atoms with van der Waals surface area (Å²) in [7, 11) is -3.62. The molecule has 0 saturated heterocycles. The second kappa shape index (κ2) is 4.20. The molecule has 0 aliphatic heterocycles. The van der Waals surface area contributed by atoms with E-state index in [1.807, 2.05) is 6.07 Å². The van der Waals surface area contributed by atoms with E-state index in [-0.39, 0.29) is 10.8 Å². The van der Waals surface area contributed by atoms with E-state index in [4.69, 9.17) is 10.5 Å². The number of nitrogens with one attached hydrogen (secondary N) is 1. The van der Waals surface area contributed by atoms with Crippen LogP contribution < -0.4 is 4.72 Å². The Morgan fingerprint density at radius 3 is 2.64 bits per heavy atom. The van der Waals surface area contributed by atoms with Crippen molar-refractivity contribution in [2.24, 2.45) is 0 Å². The van der Waals surface area contributed by atoms with Crippen LogP contribution in [-0.2, 0) is 10.0 Å². The Balaban J connectivity index is 2.95. The van der Waals surface area contributed by atoms with Crippen LogP contribution >= 0.6 is 11.3 Å². The normalized spacial score (nSPS) is 10.4. The van der Waals surface area contributed by atoms with Gasteiger partial charge >= 0.3 is 0 Å². The summed E-state index contributed by atoms with van der Waals surface area (Å²) in [5.41, 5.74) is 0. The van der Waals surface area contributed by atoms with E-state index in [0.29, 0.717) is 4.88 Å². The van der Waals surface area contributed by atoms with E-state index in [0.717, 1.165) is 11.3 Å². The van der Waals surface area contributed by atoms with E-state index in [1.54, 1.807) is 6.07 Å². The highest BCUT2D eigenvalue weighted by Crippen LogP contribution is 2.20. The maximum Gasteiger partial charge on any atom is 0.251 e. The Hall–Kier alpha value is -1.41. The average molecular weight is 227 g/mol. The number of sulfonamides is 1. The molecule has 1 heterocycles. The summed E-state index contributed by atoms with van der Waals surface area (Å²) in [6.07, 6.45) is 0. The van der Waals surface area contributed by atoms with Crippen LogP contribution in [0.1, 0.15) is 4.88 Å². The summed E-state index contributed by atoms with van der Waals surface area (Å²) in [5.74, 6) is 0. The molecule has 0 aliphatic carbocycles. The maximum absolute atomic E-state index is 11.4. The maximum atomic E-state index is 11.4. The van der Waals surface area contributed by atoms with Gasteiger partial charge in [-0.05, 0) is 12.1 Å². The Labute approximate surface area is 85.3 Å². The fourth-order valence-electron chi connectivity index (χ4n) is 0.723. The topological polar surface area (TPSA) is 93.8 Å². The minimum absolute atomic E-state index is 0.0456.